The molecule has 2 N–H and O–H groups in total. The lowest BCUT2D eigenvalue weighted by Crippen LogP contribution is -2.34. The van der Waals surface area contributed by atoms with Crippen LogP contribution in [0.4, 0.5) is 0 Å². The van der Waals surface area contributed by atoms with E-state index in [4.69, 9.17) is 5.73 Å². The zero-order valence-corrected chi connectivity index (χ0v) is 12.4. The fourth-order valence-corrected chi connectivity index (χ4v) is 3.08. The Morgan fingerprint density at radius 3 is 2.24 bits per heavy atom. The van der Waals surface area contributed by atoms with E-state index in [-0.39, 0.29) is 5.41 Å². The predicted octanol–water partition coefficient (Wildman–Crippen LogP) is 4.30. The van der Waals surface area contributed by atoms with E-state index in [1.54, 1.807) is 0 Å². The van der Waals surface area contributed by atoms with Gasteiger partial charge in [0.15, 0.2) is 0 Å². The van der Waals surface area contributed by atoms with Crippen molar-refractivity contribution in [3.05, 3.63) is 83.9 Å². The summed E-state index contributed by atoms with van der Waals surface area (Å²) in [5.74, 6) is 0. The van der Waals surface area contributed by atoms with E-state index in [1.165, 1.54) is 21.9 Å². The van der Waals surface area contributed by atoms with E-state index in [0.29, 0.717) is 6.54 Å². The molecule has 0 aliphatic heterocycles. The lowest BCUT2D eigenvalue weighted by atomic mass is 9.75. The summed E-state index contributed by atoms with van der Waals surface area (Å²) in [6.45, 7) is 2.90. The van der Waals surface area contributed by atoms with E-state index in [2.05, 4.69) is 79.7 Å². The number of hydrogen-bond acceptors (Lipinski definition) is 1. The van der Waals surface area contributed by atoms with Crippen LogP contribution in [-0.4, -0.2) is 6.54 Å². The molecule has 3 aromatic rings. The second-order valence-corrected chi connectivity index (χ2v) is 5.95. The van der Waals surface area contributed by atoms with Crippen molar-refractivity contribution in [2.45, 2.75) is 18.8 Å². The largest absolute Gasteiger partial charge is 0.330 e. The molecule has 3 rings (SSSR count). The quantitative estimate of drug-likeness (QED) is 0.755. The van der Waals surface area contributed by atoms with Crippen molar-refractivity contribution in [3.63, 3.8) is 0 Å². The standard InChI is InChI=1S/C20H21N/c1-20(15-21,14-16-8-3-2-4-9-16)19-13-7-11-17-10-5-6-12-18(17)19/h2-13H,14-15,21H2,1H3. The average molecular weight is 275 g/mol. The van der Waals surface area contributed by atoms with E-state index < -0.39 is 0 Å². The smallest absolute Gasteiger partial charge is 0.00937 e. The summed E-state index contributed by atoms with van der Waals surface area (Å²) in [5.41, 5.74) is 8.80. The first-order valence-corrected chi connectivity index (χ1v) is 7.45. The number of hydrogen-bond donors (Lipinski definition) is 1. The summed E-state index contributed by atoms with van der Waals surface area (Å²) in [5, 5.41) is 2.59. The van der Waals surface area contributed by atoms with Gasteiger partial charge in [-0.25, -0.2) is 0 Å². The Hall–Kier alpha value is -2.12. The summed E-state index contributed by atoms with van der Waals surface area (Å²) in [6.07, 6.45) is 0.957. The van der Waals surface area contributed by atoms with E-state index in [1.807, 2.05) is 0 Å². The summed E-state index contributed by atoms with van der Waals surface area (Å²) in [6, 6.07) is 25.7. The van der Waals surface area contributed by atoms with Crippen LogP contribution in [0.15, 0.2) is 72.8 Å². The molecule has 1 atom stereocenters. The maximum Gasteiger partial charge on any atom is 0.00937 e. The molecule has 106 valence electrons. The van der Waals surface area contributed by atoms with Crippen LogP contribution >= 0.6 is 0 Å². The molecule has 21 heavy (non-hydrogen) atoms. The minimum Gasteiger partial charge on any atom is -0.330 e. The lowest BCUT2D eigenvalue weighted by Gasteiger charge is -2.30. The van der Waals surface area contributed by atoms with E-state index >= 15 is 0 Å². The Balaban J connectivity index is 2.09. The van der Waals surface area contributed by atoms with Crippen LogP contribution in [0.3, 0.4) is 0 Å². The second-order valence-electron chi connectivity index (χ2n) is 5.95. The van der Waals surface area contributed by atoms with Crippen LogP contribution in [0.25, 0.3) is 10.8 Å². The third kappa shape index (κ3) is 2.70. The molecule has 0 heterocycles. The molecular weight excluding hydrogens is 254 g/mol. The lowest BCUT2D eigenvalue weighted by molar-refractivity contribution is 0.485. The Morgan fingerprint density at radius 1 is 0.810 bits per heavy atom. The van der Waals surface area contributed by atoms with Gasteiger partial charge in [-0.2, -0.15) is 0 Å². The van der Waals surface area contributed by atoms with Crippen molar-refractivity contribution >= 4 is 10.8 Å². The highest BCUT2D eigenvalue weighted by Crippen LogP contribution is 2.32. The molecule has 0 aliphatic carbocycles. The van der Waals surface area contributed by atoms with E-state index in [9.17, 15) is 0 Å². The summed E-state index contributed by atoms with van der Waals surface area (Å²) < 4.78 is 0. The molecule has 1 nitrogen and oxygen atoms in total. The van der Waals surface area contributed by atoms with Crippen LogP contribution in [0.5, 0.6) is 0 Å². The van der Waals surface area contributed by atoms with Crippen LogP contribution < -0.4 is 5.73 Å². The zero-order valence-electron chi connectivity index (χ0n) is 12.4. The topological polar surface area (TPSA) is 26.0 Å². The van der Waals surface area contributed by atoms with Crippen molar-refractivity contribution in [1.82, 2.24) is 0 Å². The summed E-state index contributed by atoms with van der Waals surface area (Å²) >= 11 is 0. The van der Waals surface area contributed by atoms with Gasteiger partial charge in [0.1, 0.15) is 0 Å². The van der Waals surface area contributed by atoms with Crippen LogP contribution in [0, 0.1) is 0 Å². The molecule has 0 saturated heterocycles. The molecule has 0 amide bonds. The van der Waals surface area contributed by atoms with Crippen molar-refractivity contribution in [1.29, 1.82) is 0 Å². The third-order valence-electron chi connectivity index (χ3n) is 4.33. The maximum absolute atomic E-state index is 6.18. The second kappa shape index (κ2) is 5.71. The molecule has 0 aliphatic rings. The van der Waals surface area contributed by atoms with Gasteiger partial charge < -0.3 is 5.73 Å². The Bertz CT molecular complexity index is 728. The fourth-order valence-electron chi connectivity index (χ4n) is 3.08. The van der Waals surface area contributed by atoms with Gasteiger partial charge in [-0.05, 0) is 28.3 Å². The van der Waals surface area contributed by atoms with Gasteiger partial charge in [0, 0.05) is 12.0 Å². The Labute approximate surface area is 126 Å². The molecular formula is C20H21N. The molecule has 0 fully saturated rings. The first-order valence-electron chi connectivity index (χ1n) is 7.45. The highest BCUT2D eigenvalue weighted by atomic mass is 14.6. The SMILES string of the molecule is CC(CN)(Cc1ccccc1)c1cccc2ccccc12. The van der Waals surface area contributed by atoms with Crippen molar-refractivity contribution in [2.75, 3.05) is 6.54 Å². The van der Waals surface area contributed by atoms with Crippen LogP contribution in [-0.2, 0) is 11.8 Å². The van der Waals surface area contributed by atoms with Crippen LogP contribution in [0.1, 0.15) is 18.1 Å². The van der Waals surface area contributed by atoms with Crippen molar-refractivity contribution < 1.29 is 0 Å². The molecule has 0 saturated carbocycles. The molecule has 1 unspecified atom stereocenters. The van der Waals surface area contributed by atoms with Gasteiger partial charge in [0.05, 0.1) is 0 Å². The minimum absolute atomic E-state index is 0.0534. The third-order valence-corrected chi connectivity index (χ3v) is 4.33. The van der Waals surface area contributed by atoms with Gasteiger partial charge in [0.2, 0.25) is 0 Å². The monoisotopic (exact) mass is 275 g/mol. The highest BCUT2D eigenvalue weighted by molar-refractivity contribution is 5.86. The average Bonchev–Trinajstić information content (AvgIpc) is 2.55. The first kappa shape index (κ1) is 13.8. The minimum atomic E-state index is -0.0534. The highest BCUT2D eigenvalue weighted by Gasteiger charge is 2.27. The van der Waals surface area contributed by atoms with Gasteiger partial charge in [0.25, 0.3) is 0 Å². The van der Waals surface area contributed by atoms with Crippen LogP contribution in [0.2, 0.25) is 0 Å². The van der Waals surface area contributed by atoms with Crippen molar-refractivity contribution in [2.24, 2.45) is 5.73 Å². The number of nitrogens with two attached hydrogens (primary N) is 1. The van der Waals surface area contributed by atoms with Crippen molar-refractivity contribution in [3.8, 4) is 0 Å². The number of fused-ring (bicyclic) bond motifs is 1. The molecule has 0 bridgehead atoms. The normalized spacial score (nSPS) is 14.0. The Morgan fingerprint density at radius 2 is 1.48 bits per heavy atom. The molecule has 0 radical (unpaired) electrons. The number of benzene rings is 3. The fraction of sp³-hybridized carbons (Fsp3) is 0.200. The zero-order chi connectivity index (χ0) is 14.7. The summed E-state index contributed by atoms with van der Waals surface area (Å²) in [4.78, 5) is 0. The van der Waals surface area contributed by atoms with E-state index in [0.717, 1.165) is 6.42 Å². The van der Waals surface area contributed by atoms with Gasteiger partial charge in [-0.15, -0.1) is 0 Å². The molecule has 0 aromatic heterocycles. The Kier molecular flexibility index (Phi) is 3.76. The van der Waals surface area contributed by atoms with Gasteiger partial charge >= 0.3 is 0 Å². The predicted molar refractivity (Wildman–Crippen MR) is 90.5 cm³/mol. The molecule has 0 spiro atoms. The van der Waals surface area contributed by atoms with Gasteiger partial charge in [-0.1, -0.05) is 79.7 Å². The summed E-state index contributed by atoms with van der Waals surface area (Å²) in [7, 11) is 0. The molecule has 1 heteroatoms. The number of rotatable bonds is 4. The molecule has 3 aromatic carbocycles. The van der Waals surface area contributed by atoms with Gasteiger partial charge in [-0.3, -0.25) is 0 Å². The maximum atomic E-state index is 6.18. The first-order chi connectivity index (χ1) is 10.2.